The Morgan fingerprint density at radius 2 is 1.73 bits per heavy atom. The van der Waals surface area contributed by atoms with Crippen LogP contribution in [0.5, 0.6) is 0 Å². The minimum absolute atomic E-state index is 0.961. The van der Waals surface area contributed by atoms with E-state index < -0.39 is 0 Å². The van der Waals surface area contributed by atoms with Crippen LogP contribution in [-0.2, 0) is 4.79 Å². The molecule has 2 aliphatic carbocycles. The first-order valence-electron chi connectivity index (χ1n) is 5.35. The number of carbonyl (C=O) groups excluding carboxylic acids is 1. The minimum Gasteiger partial charge on any atom is -0.298 e. The lowest BCUT2D eigenvalue weighted by Crippen LogP contribution is -1.95. The summed E-state index contributed by atoms with van der Waals surface area (Å²) in [6.45, 7) is 0. The first-order chi connectivity index (χ1) is 7.40. The van der Waals surface area contributed by atoms with E-state index in [1.54, 1.807) is 0 Å². The van der Waals surface area contributed by atoms with Crippen LogP contribution in [0.3, 0.4) is 0 Å². The molecule has 0 saturated heterocycles. The predicted molar refractivity (Wildman–Crippen MR) is 60.3 cm³/mol. The summed E-state index contributed by atoms with van der Waals surface area (Å²) in [6.07, 6.45) is 4.32. The van der Waals surface area contributed by atoms with E-state index >= 15 is 0 Å². The van der Waals surface area contributed by atoms with E-state index in [4.69, 9.17) is 0 Å². The molecule has 0 amide bonds. The van der Waals surface area contributed by atoms with E-state index in [2.05, 4.69) is 12.1 Å². The van der Waals surface area contributed by atoms with Crippen molar-refractivity contribution < 1.29 is 4.79 Å². The quantitative estimate of drug-likeness (QED) is 0.664. The summed E-state index contributed by atoms with van der Waals surface area (Å²) < 4.78 is 0. The Morgan fingerprint density at radius 1 is 1.00 bits per heavy atom. The molecule has 0 N–H and O–H groups in total. The lowest BCUT2D eigenvalue weighted by atomic mass is 9.93. The summed E-state index contributed by atoms with van der Waals surface area (Å²) in [5, 5.41) is 0. The molecule has 1 saturated carbocycles. The zero-order valence-electron chi connectivity index (χ0n) is 8.49. The summed E-state index contributed by atoms with van der Waals surface area (Å²) >= 11 is 0. The van der Waals surface area contributed by atoms with Crippen LogP contribution < -0.4 is 0 Å². The van der Waals surface area contributed by atoms with Crippen molar-refractivity contribution in [3.63, 3.8) is 0 Å². The maximum Gasteiger partial charge on any atom is 0.150 e. The van der Waals surface area contributed by atoms with Gasteiger partial charge in [0.15, 0.2) is 6.29 Å². The molecule has 0 atom stereocenters. The molecule has 2 bridgehead atoms. The Kier molecular flexibility index (Phi) is 1.84. The van der Waals surface area contributed by atoms with Gasteiger partial charge in [0.05, 0.1) is 0 Å². The lowest BCUT2D eigenvalue weighted by molar-refractivity contribution is -0.104. The number of aldehydes is 1. The Labute approximate surface area is 89.1 Å². The zero-order chi connectivity index (χ0) is 10.3. The first-order valence-corrected chi connectivity index (χ1v) is 5.35. The molecule has 1 aromatic rings. The van der Waals surface area contributed by atoms with Gasteiger partial charge in [-0.3, -0.25) is 4.79 Å². The van der Waals surface area contributed by atoms with E-state index in [1.165, 1.54) is 22.3 Å². The van der Waals surface area contributed by atoms with Crippen molar-refractivity contribution in [2.45, 2.75) is 19.3 Å². The van der Waals surface area contributed by atoms with Crippen LogP contribution in [0, 0.1) is 0 Å². The number of hydrogen-bond donors (Lipinski definition) is 0. The Morgan fingerprint density at radius 3 is 2.47 bits per heavy atom. The highest BCUT2D eigenvalue weighted by molar-refractivity contribution is 6.03. The topological polar surface area (TPSA) is 17.1 Å². The molecule has 1 nitrogen and oxygen atoms in total. The van der Waals surface area contributed by atoms with Gasteiger partial charge in [0.2, 0.25) is 0 Å². The molecule has 0 aromatic heterocycles. The second-order valence-corrected chi connectivity index (χ2v) is 4.16. The van der Waals surface area contributed by atoms with Crippen LogP contribution in [0.15, 0.2) is 47.1 Å². The number of carbonyl (C=O) groups is 1. The molecular formula is C14H12O. The van der Waals surface area contributed by atoms with E-state index in [0.717, 1.165) is 31.1 Å². The van der Waals surface area contributed by atoms with Gasteiger partial charge in [-0.25, -0.2) is 0 Å². The van der Waals surface area contributed by atoms with Crippen LogP contribution in [-0.4, -0.2) is 6.29 Å². The number of benzene rings is 1. The monoisotopic (exact) mass is 196 g/mol. The molecule has 15 heavy (non-hydrogen) atoms. The van der Waals surface area contributed by atoms with Crippen molar-refractivity contribution in [3.8, 4) is 0 Å². The van der Waals surface area contributed by atoms with Gasteiger partial charge in [-0.2, -0.15) is 0 Å². The molecule has 0 aliphatic heterocycles. The largest absolute Gasteiger partial charge is 0.298 e. The van der Waals surface area contributed by atoms with Gasteiger partial charge in [0.1, 0.15) is 0 Å². The molecule has 0 heterocycles. The predicted octanol–water partition coefficient (Wildman–Crippen LogP) is 3.13. The molecule has 0 spiro atoms. The number of fused-ring (bicyclic) bond motifs is 2. The van der Waals surface area contributed by atoms with Crippen LogP contribution in [0.4, 0.5) is 0 Å². The molecule has 74 valence electrons. The zero-order valence-corrected chi connectivity index (χ0v) is 8.49. The second-order valence-electron chi connectivity index (χ2n) is 4.16. The van der Waals surface area contributed by atoms with Crippen molar-refractivity contribution in [2.75, 3.05) is 0 Å². The van der Waals surface area contributed by atoms with Crippen LogP contribution in [0.1, 0.15) is 24.8 Å². The molecule has 3 rings (SSSR count). The Bertz CT molecular complexity index is 477. The SMILES string of the molecule is O=CC1=C2CCC(=C1c1ccccc1)C2. The van der Waals surface area contributed by atoms with Gasteiger partial charge in [-0.15, -0.1) is 0 Å². The number of allylic oxidation sites excluding steroid dienone is 4. The molecule has 1 heteroatoms. The van der Waals surface area contributed by atoms with Gasteiger partial charge in [0.25, 0.3) is 0 Å². The van der Waals surface area contributed by atoms with Crippen molar-refractivity contribution >= 4 is 11.9 Å². The summed E-state index contributed by atoms with van der Waals surface area (Å²) in [6, 6.07) is 10.2. The highest BCUT2D eigenvalue weighted by Crippen LogP contribution is 2.47. The number of rotatable bonds is 2. The first kappa shape index (κ1) is 8.66. The van der Waals surface area contributed by atoms with Gasteiger partial charge in [-0.05, 0) is 30.4 Å². The molecule has 2 aliphatic rings. The van der Waals surface area contributed by atoms with Crippen molar-refractivity contribution in [3.05, 3.63) is 52.6 Å². The second kappa shape index (κ2) is 3.20. The van der Waals surface area contributed by atoms with Crippen LogP contribution in [0.25, 0.3) is 5.57 Å². The normalized spacial score (nSPS) is 18.9. The summed E-state index contributed by atoms with van der Waals surface area (Å²) in [5.41, 5.74) is 6.18. The maximum absolute atomic E-state index is 11.1. The fraction of sp³-hybridized carbons (Fsp3) is 0.214. The van der Waals surface area contributed by atoms with Gasteiger partial charge in [0, 0.05) is 5.57 Å². The highest BCUT2D eigenvalue weighted by Gasteiger charge is 2.29. The summed E-state index contributed by atoms with van der Waals surface area (Å²) in [5.74, 6) is 0. The van der Waals surface area contributed by atoms with Crippen LogP contribution >= 0.6 is 0 Å². The van der Waals surface area contributed by atoms with Gasteiger partial charge in [-0.1, -0.05) is 41.5 Å². The third-order valence-electron chi connectivity index (χ3n) is 3.34. The van der Waals surface area contributed by atoms with E-state index in [1.807, 2.05) is 18.2 Å². The van der Waals surface area contributed by atoms with Crippen LogP contribution in [0.2, 0.25) is 0 Å². The number of hydrogen-bond acceptors (Lipinski definition) is 1. The third kappa shape index (κ3) is 1.19. The van der Waals surface area contributed by atoms with E-state index in [0.29, 0.717) is 0 Å². The molecule has 1 aromatic carbocycles. The third-order valence-corrected chi connectivity index (χ3v) is 3.34. The van der Waals surface area contributed by atoms with Gasteiger partial charge >= 0.3 is 0 Å². The Hall–Kier alpha value is -1.63. The lowest BCUT2D eigenvalue weighted by Gasteiger charge is -2.11. The molecule has 0 radical (unpaired) electrons. The highest BCUT2D eigenvalue weighted by atomic mass is 16.1. The summed E-state index contributed by atoms with van der Waals surface area (Å²) in [7, 11) is 0. The fourth-order valence-corrected chi connectivity index (χ4v) is 2.65. The minimum atomic E-state index is 0.961. The average Bonchev–Trinajstić information content (AvgIpc) is 2.89. The smallest absolute Gasteiger partial charge is 0.150 e. The average molecular weight is 196 g/mol. The van der Waals surface area contributed by atoms with Gasteiger partial charge < -0.3 is 0 Å². The van der Waals surface area contributed by atoms with Crippen molar-refractivity contribution in [1.29, 1.82) is 0 Å². The maximum atomic E-state index is 11.1. The fourth-order valence-electron chi connectivity index (χ4n) is 2.65. The van der Waals surface area contributed by atoms with E-state index in [9.17, 15) is 4.79 Å². The molecule has 0 unspecified atom stereocenters. The van der Waals surface area contributed by atoms with E-state index in [-0.39, 0.29) is 0 Å². The van der Waals surface area contributed by atoms with Crippen molar-refractivity contribution in [1.82, 2.24) is 0 Å². The van der Waals surface area contributed by atoms with Crippen molar-refractivity contribution in [2.24, 2.45) is 0 Å². The molecule has 1 fully saturated rings. The standard InChI is InChI=1S/C14H12O/c15-9-13-11-6-7-12(8-11)14(13)10-4-2-1-3-5-10/h1-5,9H,6-8H2. The Balaban J connectivity index is 2.15. The summed E-state index contributed by atoms with van der Waals surface area (Å²) in [4.78, 5) is 11.1. The molecular weight excluding hydrogens is 184 g/mol.